The second-order valence-corrected chi connectivity index (χ2v) is 10.4. The van der Waals surface area contributed by atoms with Crippen molar-refractivity contribution in [2.75, 3.05) is 33.8 Å². The van der Waals surface area contributed by atoms with Gasteiger partial charge in [-0.05, 0) is 82.2 Å². The van der Waals surface area contributed by atoms with Crippen LogP contribution in [0.4, 0.5) is 0 Å². The van der Waals surface area contributed by atoms with Gasteiger partial charge in [-0.3, -0.25) is 0 Å². The molecule has 0 radical (unpaired) electrons. The molecule has 2 N–H and O–H groups in total. The van der Waals surface area contributed by atoms with Gasteiger partial charge in [0.1, 0.15) is 12.4 Å². The molecule has 1 aromatic heterocycles. The van der Waals surface area contributed by atoms with Crippen molar-refractivity contribution in [3.63, 3.8) is 0 Å². The number of aromatic nitrogens is 1. The Hall–Kier alpha value is -2.83. The van der Waals surface area contributed by atoms with E-state index in [0.717, 1.165) is 42.9 Å². The lowest BCUT2D eigenvalue weighted by atomic mass is 9.81. The summed E-state index contributed by atoms with van der Waals surface area (Å²) in [4.78, 5) is 14.1. The van der Waals surface area contributed by atoms with Gasteiger partial charge in [0, 0.05) is 23.0 Å². The van der Waals surface area contributed by atoms with Crippen molar-refractivity contribution < 1.29 is 14.6 Å². The lowest BCUT2D eigenvalue weighted by Gasteiger charge is -2.28. The first-order chi connectivity index (χ1) is 17.0. The van der Waals surface area contributed by atoms with Gasteiger partial charge in [-0.1, -0.05) is 37.5 Å². The third kappa shape index (κ3) is 4.95. The summed E-state index contributed by atoms with van der Waals surface area (Å²) in [6, 6.07) is 14.2. The highest BCUT2D eigenvalue weighted by molar-refractivity contribution is 5.98. The van der Waals surface area contributed by atoms with E-state index in [9.17, 15) is 9.90 Å². The molecular formula is C29H37N3O3. The molecule has 35 heavy (non-hydrogen) atoms. The summed E-state index contributed by atoms with van der Waals surface area (Å²) in [5.41, 5.74) is 5.07. The van der Waals surface area contributed by atoms with Crippen LogP contribution in [-0.4, -0.2) is 60.4 Å². The van der Waals surface area contributed by atoms with E-state index in [1.165, 1.54) is 48.7 Å². The molecule has 2 heterocycles. The normalized spacial score (nSPS) is 18.5. The third-order valence-electron chi connectivity index (χ3n) is 7.56. The SMILES string of the molecule is CN(C)CCCNC1COc2ccccc2-c2c(C3CCCCC3)c3ccc(C(=O)O)cc3n2C1. The summed E-state index contributed by atoms with van der Waals surface area (Å²) in [5, 5.41) is 14.7. The first-order valence-electron chi connectivity index (χ1n) is 13.0. The Labute approximate surface area is 207 Å². The van der Waals surface area contributed by atoms with Crippen LogP contribution in [0.25, 0.3) is 22.2 Å². The van der Waals surface area contributed by atoms with Crippen LogP contribution in [0.15, 0.2) is 42.5 Å². The van der Waals surface area contributed by atoms with E-state index < -0.39 is 5.97 Å². The molecule has 1 atom stereocenters. The van der Waals surface area contributed by atoms with Gasteiger partial charge < -0.3 is 24.6 Å². The van der Waals surface area contributed by atoms with Gasteiger partial charge in [-0.2, -0.15) is 0 Å². The minimum atomic E-state index is -0.880. The van der Waals surface area contributed by atoms with E-state index in [4.69, 9.17) is 4.74 Å². The van der Waals surface area contributed by atoms with E-state index in [-0.39, 0.29) is 6.04 Å². The van der Waals surface area contributed by atoms with Crippen LogP contribution in [0.1, 0.15) is 60.4 Å². The lowest BCUT2D eigenvalue weighted by molar-refractivity contribution is 0.0697. The van der Waals surface area contributed by atoms with Crippen LogP contribution in [0.2, 0.25) is 0 Å². The maximum atomic E-state index is 11.9. The van der Waals surface area contributed by atoms with Gasteiger partial charge >= 0.3 is 5.97 Å². The number of para-hydroxylation sites is 1. The number of carboxylic acid groups (broad SMARTS) is 1. The molecule has 6 heteroatoms. The minimum absolute atomic E-state index is 0.132. The minimum Gasteiger partial charge on any atom is -0.491 e. The number of nitrogens with one attached hydrogen (secondary N) is 1. The third-order valence-corrected chi connectivity index (χ3v) is 7.56. The predicted octanol–water partition coefficient (Wildman–Crippen LogP) is 5.36. The number of carboxylic acids is 1. The van der Waals surface area contributed by atoms with E-state index in [0.29, 0.717) is 18.1 Å². The summed E-state index contributed by atoms with van der Waals surface area (Å²) in [7, 11) is 4.20. The van der Waals surface area contributed by atoms with E-state index >= 15 is 0 Å². The predicted molar refractivity (Wildman–Crippen MR) is 141 cm³/mol. The van der Waals surface area contributed by atoms with Crippen LogP contribution in [0.3, 0.4) is 0 Å². The van der Waals surface area contributed by atoms with Gasteiger partial charge in [-0.25, -0.2) is 4.79 Å². The number of aromatic carboxylic acids is 1. The number of rotatable bonds is 7. The van der Waals surface area contributed by atoms with Crippen LogP contribution in [0, 0.1) is 0 Å². The first-order valence-corrected chi connectivity index (χ1v) is 13.0. The highest BCUT2D eigenvalue weighted by atomic mass is 16.5. The van der Waals surface area contributed by atoms with Gasteiger partial charge in [0.05, 0.1) is 17.3 Å². The average molecular weight is 476 g/mol. The van der Waals surface area contributed by atoms with Gasteiger partial charge in [0.15, 0.2) is 0 Å². The molecule has 0 saturated heterocycles. The Bertz CT molecular complexity index is 1190. The second kappa shape index (κ2) is 10.4. The van der Waals surface area contributed by atoms with Crippen molar-refractivity contribution in [2.45, 2.75) is 57.0 Å². The summed E-state index contributed by atoms with van der Waals surface area (Å²) in [5.74, 6) is 0.513. The molecular weight excluding hydrogens is 438 g/mol. The van der Waals surface area contributed by atoms with Crippen molar-refractivity contribution in [2.24, 2.45) is 0 Å². The summed E-state index contributed by atoms with van der Waals surface area (Å²) < 4.78 is 8.78. The molecule has 1 fully saturated rings. The molecule has 1 aliphatic carbocycles. The van der Waals surface area contributed by atoms with Crippen LogP contribution < -0.4 is 10.1 Å². The molecule has 0 bridgehead atoms. The number of nitrogens with zero attached hydrogens (tertiary/aromatic N) is 2. The topological polar surface area (TPSA) is 66.7 Å². The Morgan fingerprint density at radius 1 is 1.14 bits per heavy atom. The van der Waals surface area contributed by atoms with Crippen LogP contribution >= 0.6 is 0 Å². The number of benzene rings is 2. The molecule has 5 rings (SSSR count). The second-order valence-electron chi connectivity index (χ2n) is 10.4. The number of hydrogen-bond acceptors (Lipinski definition) is 4. The summed E-state index contributed by atoms with van der Waals surface area (Å²) >= 11 is 0. The molecule has 1 saturated carbocycles. The Morgan fingerprint density at radius 3 is 2.71 bits per heavy atom. The zero-order chi connectivity index (χ0) is 24.4. The zero-order valence-electron chi connectivity index (χ0n) is 20.9. The number of carbonyl (C=O) groups is 1. The number of hydrogen-bond donors (Lipinski definition) is 2. The molecule has 186 valence electrons. The Kier molecular flexibility index (Phi) is 7.12. The maximum Gasteiger partial charge on any atom is 0.335 e. The quantitative estimate of drug-likeness (QED) is 0.451. The number of fused-ring (bicyclic) bond motifs is 5. The molecule has 6 nitrogen and oxygen atoms in total. The molecule has 2 aliphatic rings. The van der Waals surface area contributed by atoms with Gasteiger partial charge in [0.2, 0.25) is 0 Å². The van der Waals surface area contributed by atoms with E-state index in [1.807, 2.05) is 18.2 Å². The van der Waals surface area contributed by atoms with Crippen LogP contribution in [0.5, 0.6) is 5.75 Å². The highest BCUT2D eigenvalue weighted by Crippen LogP contribution is 2.46. The largest absolute Gasteiger partial charge is 0.491 e. The highest BCUT2D eigenvalue weighted by Gasteiger charge is 2.30. The lowest BCUT2D eigenvalue weighted by Crippen LogP contribution is -2.40. The standard InChI is InChI=1S/C29H37N3O3/c1-31(2)16-8-15-30-22-18-32-25-17-21(29(33)34)13-14-23(25)27(20-9-4-3-5-10-20)28(32)24-11-6-7-12-26(24)35-19-22/h6-7,11-14,17,20,22,30H,3-5,8-10,15-16,18-19H2,1-2H3,(H,33,34). The molecule has 1 unspecified atom stereocenters. The fourth-order valence-corrected chi connectivity index (χ4v) is 5.87. The monoisotopic (exact) mass is 475 g/mol. The van der Waals surface area contributed by atoms with Gasteiger partial charge in [-0.15, -0.1) is 0 Å². The fraction of sp³-hybridized carbons (Fsp3) is 0.483. The Morgan fingerprint density at radius 2 is 1.94 bits per heavy atom. The Balaban J connectivity index is 1.65. The fourth-order valence-electron chi connectivity index (χ4n) is 5.87. The first kappa shape index (κ1) is 23.9. The van der Waals surface area contributed by atoms with E-state index in [2.05, 4.69) is 47.1 Å². The van der Waals surface area contributed by atoms with Crippen molar-refractivity contribution in [1.29, 1.82) is 0 Å². The number of ether oxygens (including phenoxy) is 1. The van der Waals surface area contributed by atoms with Gasteiger partial charge in [0.25, 0.3) is 0 Å². The maximum absolute atomic E-state index is 11.9. The van der Waals surface area contributed by atoms with Crippen molar-refractivity contribution in [1.82, 2.24) is 14.8 Å². The van der Waals surface area contributed by atoms with Crippen molar-refractivity contribution in [3.8, 4) is 17.0 Å². The smallest absolute Gasteiger partial charge is 0.335 e. The molecule has 0 spiro atoms. The van der Waals surface area contributed by atoms with E-state index in [1.54, 1.807) is 6.07 Å². The van der Waals surface area contributed by atoms with Crippen molar-refractivity contribution in [3.05, 3.63) is 53.6 Å². The summed E-state index contributed by atoms with van der Waals surface area (Å²) in [6.07, 6.45) is 7.22. The zero-order valence-corrected chi connectivity index (χ0v) is 20.9. The molecule has 1 aliphatic heterocycles. The molecule has 2 aromatic carbocycles. The average Bonchev–Trinajstić information content (AvgIpc) is 3.16. The van der Waals surface area contributed by atoms with Crippen molar-refractivity contribution >= 4 is 16.9 Å². The summed E-state index contributed by atoms with van der Waals surface area (Å²) in [6.45, 7) is 3.28. The van der Waals surface area contributed by atoms with Crippen LogP contribution in [-0.2, 0) is 6.54 Å². The molecule has 3 aromatic rings. The molecule has 0 amide bonds.